The van der Waals surface area contributed by atoms with E-state index in [9.17, 15) is 24.3 Å². The van der Waals surface area contributed by atoms with Crippen LogP contribution in [-0.4, -0.2) is 65.0 Å². The Kier molecular flexibility index (Phi) is 11.8. The van der Waals surface area contributed by atoms with Gasteiger partial charge in [0.15, 0.2) is 0 Å². The molecule has 0 saturated carbocycles. The zero-order valence-corrected chi connectivity index (χ0v) is 19.8. The predicted molar refractivity (Wildman–Crippen MR) is 125 cm³/mol. The highest BCUT2D eigenvalue weighted by atomic mass is 32.2. The highest BCUT2D eigenvalue weighted by Crippen LogP contribution is 2.07. The molecule has 0 heterocycles. The second kappa shape index (κ2) is 13.7. The number of carboxylic acids is 1. The summed E-state index contributed by atoms with van der Waals surface area (Å²) in [4.78, 5) is 49.2. The summed E-state index contributed by atoms with van der Waals surface area (Å²) in [5.74, 6) is -2.28. The molecule has 32 heavy (non-hydrogen) atoms. The summed E-state index contributed by atoms with van der Waals surface area (Å²) in [6, 6.07) is 5.22. The summed E-state index contributed by atoms with van der Waals surface area (Å²) in [6.07, 6.45) is 2.29. The summed E-state index contributed by atoms with van der Waals surface area (Å²) in [5, 5.41) is 17.2. The number of aliphatic carboxylic acids is 1. The van der Waals surface area contributed by atoms with E-state index in [4.69, 9.17) is 5.73 Å². The second-order valence-electron chi connectivity index (χ2n) is 7.93. The van der Waals surface area contributed by atoms with Crippen molar-refractivity contribution in [1.82, 2.24) is 16.0 Å². The van der Waals surface area contributed by atoms with Crippen molar-refractivity contribution < 1.29 is 24.3 Å². The highest BCUT2D eigenvalue weighted by Gasteiger charge is 2.29. The Morgan fingerprint density at radius 1 is 0.938 bits per heavy atom. The van der Waals surface area contributed by atoms with Crippen LogP contribution in [0.4, 0.5) is 0 Å². The fourth-order valence-corrected chi connectivity index (χ4v) is 3.27. The van der Waals surface area contributed by atoms with E-state index in [1.807, 2.05) is 12.3 Å². The molecule has 0 radical (unpaired) electrons. The van der Waals surface area contributed by atoms with Crippen LogP contribution in [0, 0.1) is 5.92 Å². The van der Waals surface area contributed by atoms with Crippen LogP contribution in [0.25, 0.3) is 0 Å². The largest absolute Gasteiger partial charge is 0.480 e. The van der Waals surface area contributed by atoms with Crippen LogP contribution in [0.3, 0.4) is 0 Å². The lowest BCUT2D eigenvalue weighted by Crippen LogP contribution is -2.57. The van der Waals surface area contributed by atoms with E-state index in [-0.39, 0.29) is 12.3 Å². The van der Waals surface area contributed by atoms with Crippen LogP contribution < -0.4 is 21.7 Å². The van der Waals surface area contributed by atoms with Crippen molar-refractivity contribution in [1.29, 1.82) is 0 Å². The topological polar surface area (TPSA) is 151 Å². The van der Waals surface area contributed by atoms with Gasteiger partial charge in [0.1, 0.15) is 18.1 Å². The van der Waals surface area contributed by atoms with Gasteiger partial charge in [-0.2, -0.15) is 11.8 Å². The molecule has 1 aromatic carbocycles. The second-order valence-corrected chi connectivity index (χ2v) is 8.92. The van der Waals surface area contributed by atoms with Crippen molar-refractivity contribution in [3.63, 3.8) is 0 Å². The van der Waals surface area contributed by atoms with E-state index in [1.54, 1.807) is 38.1 Å². The first-order valence-electron chi connectivity index (χ1n) is 10.5. The number of carbonyl (C=O) groups is 4. The molecule has 6 N–H and O–H groups in total. The molecule has 9 nitrogen and oxygen atoms in total. The maximum Gasteiger partial charge on any atom is 0.326 e. The van der Waals surface area contributed by atoms with Crippen molar-refractivity contribution in [2.75, 3.05) is 12.0 Å². The Balaban J connectivity index is 2.82. The van der Waals surface area contributed by atoms with Crippen molar-refractivity contribution in [2.24, 2.45) is 11.7 Å². The van der Waals surface area contributed by atoms with Gasteiger partial charge in [0.25, 0.3) is 0 Å². The van der Waals surface area contributed by atoms with Crippen LogP contribution in [0.2, 0.25) is 0 Å². The molecular weight excluding hydrogens is 432 g/mol. The minimum absolute atomic E-state index is 0.0945. The first-order valence-corrected chi connectivity index (χ1v) is 11.9. The van der Waals surface area contributed by atoms with E-state index >= 15 is 0 Å². The quantitative estimate of drug-likeness (QED) is 0.284. The maximum absolute atomic E-state index is 12.8. The van der Waals surface area contributed by atoms with E-state index in [1.165, 1.54) is 18.7 Å². The fourth-order valence-electron chi connectivity index (χ4n) is 2.80. The van der Waals surface area contributed by atoms with Crippen LogP contribution >= 0.6 is 11.8 Å². The Labute approximate surface area is 193 Å². The SMILES string of the molecule is CSCCC(NC(=O)C(C)NC(=O)C(N)C(C)C)C(=O)NC(Cc1ccccc1)C(=O)O. The maximum atomic E-state index is 12.8. The van der Waals surface area contributed by atoms with Crippen molar-refractivity contribution >= 4 is 35.5 Å². The molecule has 0 aliphatic carbocycles. The lowest BCUT2D eigenvalue weighted by molar-refractivity contribution is -0.142. The average Bonchev–Trinajstić information content (AvgIpc) is 2.75. The average molecular weight is 467 g/mol. The van der Waals surface area contributed by atoms with Crippen molar-refractivity contribution in [3.8, 4) is 0 Å². The minimum atomic E-state index is -1.17. The molecule has 0 saturated heterocycles. The van der Waals surface area contributed by atoms with E-state index < -0.39 is 47.9 Å². The Bertz CT molecular complexity index is 775. The molecule has 0 spiro atoms. The van der Waals surface area contributed by atoms with Gasteiger partial charge in [0.2, 0.25) is 17.7 Å². The van der Waals surface area contributed by atoms with Crippen LogP contribution in [0.1, 0.15) is 32.8 Å². The van der Waals surface area contributed by atoms with Crippen LogP contribution in [0.15, 0.2) is 30.3 Å². The van der Waals surface area contributed by atoms with Gasteiger partial charge in [0.05, 0.1) is 6.04 Å². The van der Waals surface area contributed by atoms with E-state index in [2.05, 4.69) is 16.0 Å². The lowest BCUT2D eigenvalue weighted by atomic mass is 10.0. The monoisotopic (exact) mass is 466 g/mol. The van der Waals surface area contributed by atoms with Crippen molar-refractivity contribution in [3.05, 3.63) is 35.9 Å². The third-order valence-corrected chi connectivity index (χ3v) is 5.56. The molecule has 0 bridgehead atoms. The van der Waals surface area contributed by atoms with E-state index in [0.717, 1.165) is 5.56 Å². The lowest BCUT2D eigenvalue weighted by Gasteiger charge is -2.24. The standard InChI is InChI=1S/C22H34N4O5S/c1-13(2)18(23)21(29)24-14(3)19(27)25-16(10-11-32-4)20(28)26-17(22(30)31)12-15-8-6-5-7-9-15/h5-9,13-14,16-18H,10-12,23H2,1-4H3,(H,24,29)(H,25,27)(H,26,28)(H,30,31). The molecule has 1 rings (SSSR count). The van der Waals surface area contributed by atoms with Gasteiger partial charge in [-0.05, 0) is 36.8 Å². The predicted octanol–water partition coefficient (Wildman–Crippen LogP) is 0.524. The number of amides is 3. The summed E-state index contributed by atoms with van der Waals surface area (Å²) >= 11 is 1.49. The minimum Gasteiger partial charge on any atom is -0.480 e. The number of thioether (sulfide) groups is 1. The molecule has 0 aliphatic rings. The number of carboxylic acid groups (broad SMARTS) is 1. The first-order chi connectivity index (χ1) is 15.1. The molecule has 1 aromatic rings. The number of hydrogen-bond acceptors (Lipinski definition) is 6. The summed E-state index contributed by atoms with van der Waals surface area (Å²) in [7, 11) is 0. The third kappa shape index (κ3) is 9.27. The smallest absolute Gasteiger partial charge is 0.326 e. The number of rotatable bonds is 13. The summed E-state index contributed by atoms with van der Waals surface area (Å²) < 4.78 is 0. The van der Waals surface area contributed by atoms with Gasteiger partial charge >= 0.3 is 5.97 Å². The fraction of sp³-hybridized carbons (Fsp3) is 0.545. The molecule has 4 atom stereocenters. The van der Waals surface area contributed by atoms with Gasteiger partial charge in [0, 0.05) is 6.42 Å². The molecule has 3 amide bonds. The van der Waals surface area contributed by atoms with Crippen LogP contribution in [0.5, 0.6) is 0 Å². The highest BCUT2D eigenvalue weighted by molar-refractivity contribution is 7.98. The van der Waals surface area contributed by atoms with Crippen LogP contribution in [-0.2, 0) is 25.6 Å². The summed E-state index contributed by atoms with van der Waals surface area (Å²) in [6.45, 7) is 5.09. The molecule has 4 unspecified atom stereocenters. The number of carbonyl (C=O) groups excluding carboxylic acids is 3. The first kappa shape index (κ1) is 27.4. The molecular formula is C22H34N4O5S. The molecule has 10 heteroatoms. The van der Waals surface area contributed by atoms with Gasteiger partial charge in [-0.3, -0.25) is 14.4 Å². The zero-order valence-electron chi connectivity index (χ0n) is 19.0. The molecule has 178 valence electrons. The summed E-state index contributed by atoms with van der Waals surface area (Å²) in [5.41, 5.74) is 6.57. The molecule has 0 aromatic heterocycles. The van der Waals surface area contributed by atoms with Gasteiger partial charge < -0.3 is 26.8 Å². The zero-order chi connectivity index (χ0) is 24.3. The van der Waals surface area contributed by atoms with E-state index in [0.29, 0.717) is 12.2 Å². The Morgan fingerprint density at radius 3 is 2.06 bits per heavy atom. The Morgan fingerprint density at radius 2 is 1.53 bits per heavy atom. The molecule has 0 aliphatic heterocycles. The number of nitrogens with two attached hydrogens (primary N) is 1. The van der Waals surface area contributed by atoms with Gasteiger partial charge in [-0.25, -0.2) is 4.79 Å². The number of hydrogen-bond donors (Lipinski definition) is 5. The van der Waals surface area contributed by atoms with Gasteiger partial charge in [-0.15, -0.1) is 0 Å². The number of benzene rings is 1. The Hall–Kier alpha value is -2.59. The van der Waals surface area contributed by atoms with Crippen molar-refractivity contribution in [2.45, 2.75) is 57.8 Å². The van der Waals surface area contributed by atoms with Gasteiger partial charge in [-0.1, -0.05) is 44.2 Å². The molecule has 0 fully saturated rings. The number of nitrogens with one attached hydrogen (secondary N) is 3. The third-order valence-electron chi connectivity index (χ3n) is 4.91. The normalized spacial score (nSPS) is 14.7.